The van der Waals surface area contributed by atoms with Gasteiger partial charge in [-0.2, -0.15) is 0 Å². The van der Waals surface area contributed by atoms with E-state index in [4.69, 9.17) is 4.74 Å². The van der Waals surface area contributed by atoms with Crippen LogP contribution in [-0.4, -0.2) is 13.7 Å². The van der Waals surface area contributed by atoms with Crippen molar-refractivity contribution in [3.05, 3.63) is 29.6 Å². The molecule has 0 aliphatic heterocycles. The minimum atomic E-state index is -0.159. The zero-order valence-electron chi connectivity index (χ0n) is 12.8. The molecule has 2 nitrogen and oxygen atoms in total. The van der Waals surface area contributed by atoms with Crippen LogP contribution < -0.4 is 10.1 Å². The Morgan fingerprint density at radius 1 is 1.40 bits per heavy atom. The molecule has 3 heteroatoms. The van der Waals surface area contributed by atoms with Crippen molar-refractivity contribution in [3.8, 4) is 5.75 Å². The van der Waals surface area contributed by atoms with E-state index in [0.717, 1.165) is 18.9 Å². The van der Waals surface area contributed by atoms with Gasteiger partial charge in [0.25, 0.3) is 0 Å². The van der Waals surface area contributed by atoms with Gasteiger partial charge in [0.05, 0.1) is 7.11 Å². The van der Waals surface area contributed by atoms with Crippen molar-refractivity contribution in [2.45, 2.75) is 45.6 Å². The molecular formula is C17H26FNO. The Balaban J connectivity index is 2.32. The maximum atomic E-state index is 14.3. The van der Waals surface area contributed by atoms with Crippen molar-refractivity contribution in [1.82, 2.24) is 5.32 Å². The van der Waals surface area contributed by atoms with Gasteiger partial charge in [-0.1, -0.05) is 32.8 Å². The first kappa shape index (κ1) is 15.3. The fourth-order valence-electron chi connectivity index (χ4n) is 3.51. The molecule has 0 saturated heterocycles. The highest BCUT2D eigenvalue weighted by molar-refractivity contribution is 5.37. The molecule has 0 amide bonds. The Hall–Kier alpha value is -1.09. The fourth-order valence-corrected chi connectivity index (χ4v) is 3.51. The molecule has 1 fully saturated rings. The molecule has 0 spiro atoms. The van der Waals surface area contributed by atoms with Crippen LogP contribution >= 0.6 is 0 Å². The lowest BCUT2D eigenvalue weighted by atomic mass is 9.76. The highest BCUT2D eigenvalue weighted by atomic mass is 19.1. The molecule has 1 aliphatic rings. The van der Waals surface area contributed by atoms with Crippen LogP contribution in [0.2, 0.25) is 0 Å². The summed E-state index contributed by atoms with van der Waals surface area (Å²) in [6.45, 7) is 5.22. The molecule has 1 aromatic rings. The molecule has 20 heavy (non-hydrogen) atoms. The van der Waals surface area contributed by atoms with Crippen LogP contribution in [0.1, 0.15) is 51.1 Å². The van der Waals surface area contributed by atoms with Crippen molar-refractivity contribution < 1.29 is 9.13 Å². The number of methoxy groups -OCH3 is 1. The molecule has 2 rings (SSSR count). The predicted octanol–water partition coefficient (Wildman–Crippen LogP) is 4.31. The SMILES string of the molecule is CCNC(c1c(F)cccc1OC)C1CCCC(C)C1. The Morgan fingerprint density at radius 3 is 2.85 bits per heavy atom. The van der Waals surface area contributed by atoms with E-state index in [-0.39, 0.29) is 11.9 Å². The number of rotatable bonds is 5. The number of halogens is 1. The Kier molecular flexibility index (Phi) is 5.41. The molecule has 1 aromatic carbocycles. The van der Waals surface area contributed by atoms with Crippen LogP contribution in [0.15, 0.2) is 18.2 Å². The number of benzene rings is 1. The van der Waals surface area contributed by atoms with Gasteiger partial charge in [-0.15, -0.1) is 0 Å². The first-order chi connectivity index (χ1) is 9.67. The average molecular weight is 279 g/mol. The highest BCUT2D eigenvalue weighted by Crippen LogP contribution is 2.40. The molecule has 0 aromatic heterocycles. The third-order valence-corrected chi connectivity index (χ3v) is 4.42. The minimum absolute atomic E-state index is 0.0545. The second kappa shape index (κ2) is 7.07. The predicted molar refractivity (Wildman–Crippen MR) is 80.5 cm³/mol. The Labute approximate surface area is 121 Å². The zero-order valence-corrected chi connectivity index (χ0v) is 12.8. The number of hydrogen-bond acceptors (Lipinski definition) is 2. The van der Waals surface area contributed by atoms with E-state index in [0.29, 0.717) is 17.2 Å². The van der Waals surface area contributed by atoms with E-state index in [2.05, 4.69) is 19.2 Å². The first-order valence-electron chi connectivity index (χ1n) is 7.73. The van der Waals surface area contributed by atoms with Gasteiger partial charge in [0.2, 0.25) is 0 Å². The Morgan fingerprint density at radius 2 is 2.20 bits per heavy atom. The van der Waals surface area contributed by atoms with Crippen molar-refractivity contribution in [2.75, 3.05) is 13.7 Å². The summed E-state index contributed by atoms with van der Waals surface area (Å²) in [6, 6.07) is 5.16. The van der Waals surface area contributed by atoms with E-state index in [1.54, 1.807) is 13.2 Å². The van der Waals surface area contributed by atoms with Crippen molar-refractivity contribution in [2.24, 2.45) is 11.8 Å². The summed E-state index contributed by atoms with van der Waals surface area (Å²) >= 11 is 0. The maximum absolute atomic E-state index is 14.3. The third kappa shape index (κ3) is 3.32. The lowest BCUT2D eigenvalue weighted by Crippen LogP contribution is -2.32. The summed E-state index contributed by atoms with van der Waals surface area (Å²) in [4.78, 5) is 0. The summed E-state index contributed by atoms with van der Waals surface area (Å²) in [5.74, 6) is 1.72. The quantitative estimate of drug-likeness (QED) is 0.867. The number of nitrogens with one attached hydrogen (secondary N) is 1. The highest BCUT2D eigenvalue weighted by Gasteiger charge is 2.30. The maximum Gasteiger partial charge on any atom is 0.131 e. The summed E-state index contributed by atoms with van der Waals surface area (Å²) in [6.07, 6.45) is 4.86. The summed E-state index contributed by atoms with van der Waals surface area (Å²) in [7, 11) is 1.62. The normalized spacial score (nSPS) is 24.4. The van der Waals surface area contributed by atoms with Gasteiger partial charge in [0.15, 0.2) is 0 Å². The van der Waals surface area contributed by atoms with Crippen LogP contribution in [0, 0.1) is 17.7 Å². The van der Waals surface area contributed by atoms with Gasteiger partial charge in [0, 0.05) is 11.6 Å². The topological polar surface area (TPSA) is 21.3 Å². The van der Waals surface area contributed by atoms with E-state index in [1.165, 1.54) is 25.3 Å². The van der Waals surface area contributed by atoms with Crippen LogP contribution in [0.3, 0.4) is 0 Å². The standard InChI is InChI=1S/C17H26FNO/c1-4-19-17(13-8-5-7-12(2)11-13)16-14(18)9-6-10-15(16)20-3/h6,9-10,12-13,17,19H,4-5,7-8,11H2,1-3H3. The molecule has 0 heterocycles. The summed E-state index contributed by atoms with van der Waals surface area (Å²) in [5.41, 5.74) is 0.705. The number of ether oxygens (including phenoxy) is 1. The zero-order chi connectivity index (χ0) is 14.5. The van der Waals surface area contributed by atoms with Crippen molar-refractivity contribution >= 4 is 0 Å². The van der Waals surface area contributed by atoms with Gasteiger partial charge < -0.3 is 10.1 Å². The largest absolute Gasteiger partial charge is 0.496 e. The minimum Gasteiger partial charge on any atom is -0.496 e. The second-order valence-electron chi connectivity index (χ2n) is 5.92. The molecule has 112 valence electrons. The third-order valence-electron chi connectivity index (χ3n) is 4.42. The first-order valence-corrected chi connectivity index (χ1v) is 7.73. The second-order valence-corrected chi connectivity index (χ2v) is 5.92. The summed E-state index contributed by atoms with van der Waals surface area (Å²) in [5, 5.41) is 3.48. The fraction of sp³-hybridized carbons (Fsp3) is 0.647. The lowest BCUT2D eigenvalue weighted by Gasteiger charge is -2.34. The average Bonchev–Trinajstić information content (AvgIpc) is 2.45. The summed E-state index contributed by atoms with van der Waals surface area (Å²) < 4.78 is 19.7. The molecule has 0 bridgehead atoms. The smallest absolute Gasteiger partial charge is 0.131 e. The van der Waals surface area contributed by atoms with Crippen molar-refractivity contribution in [1.29, 1.82) is 0 Å². The van der Waals surface area contributed by atoms with Gasteiger partial charge in [-0.05, 0) is 43.4 Å². The van der Waals surface area contributed by atoms with Gasteiger partial charge in [-0.3, -0.25) is 0 Å². The van der Waals surface area contributed by atoms with Crippen LogP contribution in [-0.2, 0) is 0 Å². The van der Waals surface area contributed by atoms with E-state index in [1.807, 2.05) is 6.07 Å². The van der Waals surface area contributed by atoms with Crippen molar-refractivity contribution in [3.63, 3.8) is 0 Å². The number of hydrogen-bond donors (Lipinski definition) is 1. The Bertz CT molecular complexity index is 435. The molecule has 1 aliphatic carbocycles. The monoisotopic (exact) mass is 279 g/mol. The molecule has 0 radical (unpaired) electrons. The van der Waals surface area contributed by atoms with E-state index >= 15 is 0 Å². The van der Waals surface area contributed by atoms with Gasteiger partial charge in [-0.25, -0.2) is 4.39 Å². The van der Waals surface area contributed by atoms with Crippen LogP contribution in [0.5, 0.6) is 5.75 Å². The van der Waals surface area contributed by atoms with Crippen LogP contribution in [0.4, 0.5) is 4.39 Å². The molecule has 1 saturated carbocycles. The van der Waals surface area contributed by atoms with Crippen LogP contribution in [0.25, 0.3) is 0 Å². The molecular weight excluding hydrogens is 253 g/mol. The van der Waals surface area contributed by atoms with Gasteiger partial charge in [0.1, 0.15) is 11.6 Å². The molecule has 3 unspecified atom stereocenters. The van der Waals surface area contributed by atoms with E-state index < -0.39 is 0 Å². The molecule has 1 N–H and O–H groups in total. The molecule has 3 atom stereocenters. The van der Waals surface area contributed by atoms with E-state index in [9.17, 15) is 4.39 Å². The van der Waals surface area contributed by atoms with Gasteiger partial charge >= 0.3 is 0 Å². The lowest BCUT2D eigenvalue weighted by molar-refractivity contribution is 0.218.